The fraction of sp³-hybridized carbons (Fsp3) is 0.900. The Kier molecular flexibility index (Phi) is 2.74. The normalized spacial score (nSPS) is 25.9. The molecular formula is C10H19N3O. The first-order valence-electron chi connectivity index (χ1n) is 5.51. The van der Waals surface area contributed by atoms with E-state index in [1.165, 1.54) is 12.8 Å². The minimum absolute atomic E-state index is 0.228. The summed E-state index contributed by atoms with van der Waals surface area (Å²) >= 11 is 0. The molecule has 1 saturated carbocycles. The number of carbonyl (C=O) groups is 1. The first-order chi connectivity index (χ1) is 6.68. The molecule has 2 fully saturated rings. The second kappa shape index (κ2) is 3.87. The van der Waals surface area contributed by atoms with Crippen LogP contribution in [-0.4, -0.2) is 41.1 Å². The average Bonchev–Trinajstić information content (AvgIpc) is 2.88. The molecule has 80 valence electrons. The zero-order valence-corrected chi connectivity index (χ0v) is 8.78. The molecule has 0 spiro atoms. The molecule has 1 aliphatic heterocycles. The summed E-state index contributed by atoms with van der Waals surface area (Å²) in [5.41, 5.74) is 5.71. The number of amides is 1. The molecular weight excluding hydrogens is 178 g/mol. The highest BCUT2D eigenvalue weighted by Crippen LogP contribution is 2.31. The fourth-order valence-corrected chi connectivity index (χ4v) is 1.93. The Balaban J connectivity index is 1.87. The van der Waals surface area contributed by atoms with Crippen molar-refractivity contribution in [2.24, 2.45) is 5.73 Å². The average molecular weight is 197 g/mol. The molecule has 1 unspecified atom stereocenters. The molecule has 0 radical (unpaired) electrons. The fourth-order valence-electron chi connectivity index (χ4n) is 1.93. The van der Waals surface area contributed by atoms with Crippen molar-refractivity contribution in [1.29, 1.82) is 0 Å². The molecule has 0 aromatic heterocycles. The Labute approximate surface area is 85.0 Å². The summed E-state index contributed by atoms with van der Waals surface area (Å²) < 4.78 is 0. The molecule has 14 heavy (non-hydrogen) atoms. The van der Waals surface area contributed by atoms with Crippen LogP contribution in [0.2, 0.25) is 0 Å². The van der Waals surface area contributed by atoms with E-state index in [0.29, 0.717) is 18.4 Å². The van der Waals surface area contributed by atoms with Gasteiger partial charge < -0.3 is 5.73 Å². The maximum absolute atomic E-state index is 11.6. The summed E-state index contributed by atoms with van der Waals surface area (Å²) in [6.07, 6.45) is 4.02. The summed E-state index contributed by atoms with van der Waals surface area (Å²) in [6, 6.07) is 0.741. The maximum Gasteiger partial charge on any atom is 0.238 e. The Morgan fingerprint density at radius 1 is 1.57 bits per heavy atom. The van der Waals surface area contributed by atoms with Gasteiger partial charge in [-0.15, -0.1) is 0 Å². The SMILES string of the molecule is CC(N)CCN1CCC(=O)N1C1CC1. The highest BCUT2D eigenvalue weighted by molar-refractivity contribution is 5.78. The van der Waals surface area contributed by atoms with Gasteiger partial charge in [-0.2, -0.15) is 0 Å². The molecule has 0 aromatic carbocycles. The number of carbonyl (C=O) groups excluding carboxylic acids is 1. The van der Waals surface area contributed by atoms with Gasteiger partial charge >= 0.3 is 0 Å². The summed E-state index contributed by atoms with van der Waals surface area (Å²) in [4.78, 5) is 11.6. The van der Waals surface area contributed by atoms with Gasteiger partial charge in [0.15, 0.2) is 0 Å². The number of nitrogens with zero attached hydrogens (tertiary/aromatic N) is 2. The second-order valence-corrected chi connectivity index (χ2v) is 4.44. The van der Waals surface area contributed by atoms with Crippen molar-refractivity contribution in [3.8, 4) is 0 Å². The maximum atomic E-state index is 11.6. The lowest BCUT2D eigenvalue weighted by molar-refractivity contribution is -0.139. The van der Waals surface area contributed by atoms with E-state index in [-0.39, 0.29) is 6.04 Å². The van der Waals surface area contributed by atoms with E-state index in [2.05, 4.69) is 5.01 Å². The molecule has 1 heterocycles. The van der Waals surface area contributed by atoms with Crippen LogP contribution in [0.1, 0.15) is 32.6 Å². The molecule has 2 N–H and O–H groups in total. The van der Waals surface area contributed by atoms with Crippen LogP contribution in [0.25, 0.3) is 0 Å². The smallest absolute Gasteiger partial charge is 0.238 e. The third-order valence-corrected chi connectivity index (χ3v) is 2.88. The number of hydrogen-bond acceptors (Lipinski definition) is 3. The molecule has 1 atom stereocenters. The standard InChI is InChI=1S/C10H19N3O/c1-8(11)4-6-12-7-5-10(14)13(12)9-2-3-9/h8-9H,2-7,11H2,1H3. The number of hydrazine groups is 1. The first kappa shape index (κ1) is 9.93. The van der Waals surface area contributed by atoms with Crippen molar-refractivity contribution in [3.05, 3.63) is 0 Å². The van der Waals surface area contributed by atoms with Crippen molar-refractivity contribution >= 4 is 5.91 Å². The molecule has 0 bridgehead atoms. The zero-order valence-electron chi connectivity index (χ0n) is 8.78. The third-order valence-electron chi connectivity index (χ3n) is 2.88. The van der Waals surface area contributed by atoms with Gasteiger partial charge in [-0.25, -0.2) is 5.01 Å². The van der Waals surface area contributed by atoms with E-state index in [1.54, 1.807) is 0 Å². The Morgan fingerprint density at radius 3 is 2.86 bits per heavy atom. The van der Waals surface area contributed by atoms with E-state index < -0.39 is 0 Å². The Hall–Kier alpha value is -0.610. The topological polar surface area (TPSA) is 49.6 Å². The van der Waals surface area contributed by atoms with Crippen molar-refractivity contribution in [1.82, 2.24) is 10.0 Å². The molecule has 1 aliphatic carbocycles. The van der Waals surface area contributed by atoms with Crippen LogP contribution in [0.4, 0.5) is 0 Å². The lowest BCUT2D eigenvalue weighted by atomic mass is 10.2. The second-order valence-electron chi connectivity index (χ2n) is 4.44. The summed E-state index contributed by atoms with van der Waals surface area (Å²) in [6.45, 7) is 3.83. The highest BCUT2D eigenvalue weighted by atomic mass is 16.2. The molecule has 2 rings (SSSR count). The van der Waals surface area contributed by atoms with Gasteiger partial charge in [0.05, 0.1) is 0 Å². The molecule has 2 aliphatic rings. The summed E-state index contributed by atoms with van der Waals surface area (Å²) in [5.74, 6) is 0.303. The molecule has 4 nitrogen and oxygen atoms in total. The van der Waals surface area contributed by atoms with Crippen LogP contribution in [0, 0.1) is 0 Å². The summed E-state index contributed by atoms with van der Waals surface area (Å²) in [5, 5.41) is 4.16. The van der Waals surface area contributed by atoms with Gasteiger partial charge in [0.1, 0.15) is 0 Å². The van der Waals surface area contributed by atoms with Crippen LogP contribution in [0.5, 0.6) is 0 Å². The Morgan fingerprint density at radius 2 is 2.29 bits per heavy atom. The molecule has 0 aromatic rings. The van der Waals surface area contributed by atoms with Crippen LogP contribution in [-0.2, 0) is 4.79 Å². The monoisotopic (exact) mass is 197 g/mol. The van der Waals surface area contributed by atoms with Crippen LogP contribution < -0.4 is 5.73 Å². The van der Waals surface area contributed by atoms with Gasteiger partial charge in [0.25, 0.3) is 0 Å². The molecule has 1 amide bonds. The van der Waals surface area contributed by atoms with Crippen molar-refractivity contribution < 1.29 is 4.79 Å². The van der Waals surface area contributed by atoms with Gasteiger partial charge in [-0.1, -0.05) is 0 Å². The van der Waals surface area contributed by atoms with E-state index in [4.69, 9.17) is 5.73 Å². The van der Waals surface area contributed by atoms with Crippen LogP contribution in [0.15, 0.2) is 0 Å². The van der Waals surface area contributed by atoms with Gasteiger partial charge in [-0.05, 0) is 26.2 Å². The van der Waals surface area contributed by atoms with Crippen molar-refractivity contribution in [3.63, 3.8) is 0 Å². The quantitative estimate of drug-likeness (QED) is 0.707. The van der Waals surface area contributed by atoms with Gasteiger partial charge in [-0.3, -0.25) is 9.80 Å². The van der Waals surface area contributed by atoms with Crippen molar-refractivity contribution in [2.75, 3.05) is 13.1 Å². The minimum Gasteiger partial charge on any atom is -0.328 e. The lowest BCUT2D eigenvalue weighted by Crippen LogP contribution is -2.42. The predicted molar refractivity (Wildman–Crippen MR) is 54.3 cm³/mol. The summed E-state index contributed by atoms with van der Waals surface area (Å²) in [7, 11) is 0. The first-order valence-corrected chi connectivity index (χ1v) is 5.51. The van der Waals surface area contributed by atoms with E-state index in [9.17, 15) is 4.79 Å². The van der Waals surface area contributed by atoms with E-state index in [1.807, 2.05) is 11.9 Å². The highest BCUT2D eigenvalue weighted by Gasteiger charge is 2.39. The Bertz CT molecular complexity index is 225. The number of nitrogens with two attached hydrogens (primary N) is 1. The van der Waals surface area contributed by atoms with Crippen LogP contribution >= 0.6 is 0 Å². The predicted octanol–water partition coefficient (Wildman–Crippen LogP) is 0.335. The van der Waals surface area contributed by atoms with E-state index >= 15 is 0 Å². The van der Waals surface area contributed by atoms with Crippen LogP contribution in [0.3, 0.4) is 0 Å². The third kappa shape index (κ3) is 2.07. The van der Waals surface area contributed by atoms with Gasteiger partial charge in [0.2, 0.25) is 5.91 Å². The number of hydrogen-bond donors (Lipinski definition) is 1. The van der Waals surface area contributed by atoms with E-state index in [0.717, 1.165) is 19.5 Å². The van der Waals surface area contributed by atoms with Gasteiger partial charge in [0, 0.05) is 31.6 Å². The van der Waals surface area contributed by atoms with Crippen molar-refractivity contribution in [2.45, 2.75) is 44.7 Å². The number of rotatable bonds is 4. The molecule has 1 saturated heterocycles. The largest absolute Gasteiger partial charge is 0.328 e. The molecule has 4 heteroatoms. The minimum atomic E-state index is 0.228. The lowest BCUT2D eigenvalue weighted by Gasteiger charge is -2.28. The zero-order chi connectivity index (χ0) is 10.1.